The summed E-state index contributed by atoms with van der Waals surface area (Å²) in [7, 11) is 0. The molecule has 0 heterocycles. The first-order chi connectivity index (χ1) is 9.27. The van der Waals surface area contributed by atoms with Gasteiger partial charge in [0, 0.05) is 5.54 Å². The van der Waals surface area contributed by atoms with Crippen molar-refractivity contribution in [2.45, 2.75) is 77.0 Å². The molecule has 0 bridgehead atoms. The van der Waals surface area contributed by atoms with E-state index in [-0.39, 0.29) is 5.88 Å². The second-order valence-corrected chi connectivity index (χ2v) is 7.16. The van der Waals surface area contributed by atoms with Crippen LogP contribution in [0.4, 0.5) is 4.79 Å². The maximum Gasteiger partial charge on any atom is 0.408 e. The van der Waals surface area contributed by atoms with E-state index in [1.54, 1.807) is 0 Å². The molecule has 1 amide bonds. The predicted octanol–water partition coefficient (Wildman–Crippen LogP) is 3.70. The van der Waals surface area contributed by atoms with Gasteiger partial charge >= 0.3 is 6.09 Å². The molecule has 1 aliphatic carbocycles. The summed E-state index contributed by atoms with van der Waals surface area (Å²) in [6, 6.07) is -0.423. The molecule has 2 atom stereocenters. The molecule has 20 heavy (non-hydrogen) atoms. The van der Waals surface area contributed by atoms with Gasteiger partial charge in [-0.3, -0.25) is 4.90 Å². The van der Waals surface area contributed by atoms with Gasteiger partial charge in [0.2, 0.25) is 0 Å². The number of halogens is 1. The predicted molar refractivity (Wildman–Crippen MR) is 81.3 cm³/mol. The number of hydrogen-bond acceptors (Lipinski definition) is 2. The Hall–Kier alpha value is -0.480. The summed E-state index contributed by atoms with van der Waals surface area (Å²) in [5.41, 5.74) is -0.543. The van der Waals surface area contributed by atoms with E-state index in [1.165, 1.54) is 24.2 Å². The zero-order valence-electron chi connectivity index (χ0n) is 12.8. The van der Waals surface area contributed by atoms with Gasteiger partial charge in [0.1, 0.15) is 0 Å². The fraction of sp³-hybridized carbons (Fsp3) is 0.933. The van der Waals surface area contributed by atoms with Crippen LogP contribution in [-0.4, -0.2) is 44.8 Å². The molecule has 0 aromatic rings. The summed E-state index contributed by atoms with van der Waals surface area (Å²) >= 11 is 5.79. The molecule has 0 aromatic carbocycles. The van der Waals surface area contributed by atoms with Crippen LogP contribution in [0.15, 0.2) is 0 Å². The van der Waals surface area contributed by atoms with Crippen LogP contribution in [-0.2, 0) is 0 Å². The van der Waals surface area contributed by atoms with Crippen LogP contribution in [0.2, 0.25) is 0 Å². The van der Waals surface area contributed by atoms with E-state index in [2.05, 4.69) is 0 Å². The van der Waals surface area contributed by atoms with Crippen LogP contribution in [0.3, 0.4) is 0 Å². The SMILES string of the molecule is CC(C)(C)N(C(=O)O)[C@@H](CC1CCCCC1)[C@H](O)CCl. The van der Waals surface area contributed by atoms with Crippen molar-refractivity contribution in [1.82, 2.24) is 4.90 Å². The molecule has 1 fully saturated rings. The van der Waals surface area contributed by atoms with E-state index in [0.717, 1.165) is 12.8 Å². The van der Waals surface area contributed by atoms with Crippen molar-refractivity contribution >= 4 is 17.7 Å². The van der Waals surface area contributed by atoms with Gasteiger partial charge < -0.3 is 10.2 Å². The van der Waals surface area contributed by atoms with E-state index in [1.807, 2.05) is 20.8 Å². The number of alkyl halides is 1. The van der Waals surface area contributed by atoms with Gasteiger partial charge in [-0.1, -0.05) is 32.1 Å². The van der Waals surface area contributed by atoms with Gasteiger partial charge in [-0.25, -0.2) is 4.79 Å². The zero-order valence-corrected chi connectivity index (χ0v) is 13.6. The number of rotatable bonds is 5. The molecule has 2 N–H and O–H groups in total. The van der Waals surface area contributed by atoms with Crippen molar-refractivity contribution in [2.24, 2.45) is 5.92 Å². The van der Waals surface area contributed by atoms with Crippen molar-refractivity contribution in [3.05, 3.63) is 0 Å². The smallest absolute Gasteiger partial charge is 0.408 e. The van der Waals surface area contributed by atoms with E-state index in [4.69, 9.17) is 11.6 Å². The molecule has 5 heteroatoms. The lowest BCUT2D eigenvalue weighted by Crippen LogP contribution is -2.56. The highest BCUT2D eigenvalue weighted by molar-refractivity contribution is 6.18. The molecular weight excluding hydrogens is 278 g/mol. The van der Waals surface area contributed by atoms with E-state index in [9.17, 15) is 15.0 Å². The van der Waals surface area contributed by atoms with E-state index < -0.39 is 23.8 Å². The number of aliphatic hydroxyl groups is 1. The lowest BCUT2D eigenvalue weighted by atomic mass is 9.82. The fourth-order valence-corrected chi connectivity index (χ4v) is 3.43. The normalized spacial score (nSPS) is 20.4. The molecule has 118 valence electrons. The van der Waals surface area contributed by atoms with Gasteiger partial charge in [0.25, 0.3) is 0 Å². The summed E-state index contributed by atoms with van der Waals surface area (Å²) in [5, 5.41) is 19.7. The molecule has 0 aliphatic heterocycles. The maximum atomic E-state index is 11.6. The molecule has 4 nitrogen and oxygen atoms in total. The summed E-state index contributed by atoms with van der Waals surface area (Å²) in [4.78, 5) is 13.0. The monoisotopic (exact) mass is 305 g/mol. The summed E-state index contributed by atoms with van der Waals surface area (Å²) in [6.07, 6.45) is 4.84. The minimum Gasteiger partial charge on any atom is -0.465 e. The maximum absolute atomic E-state index is 11.6. The summed E-state index contributed by atoms with van der Waals surface area (Å²) in [6.45, 7) is 5.57. The Labute approximate surface area is 127 Å². The highest BCUT2D eigenvalue weighted by Crippen LogP contribution is 2.32. The number of aliphatic hydroxyl groups excluding tert-OH is 1. The molecule has 0 radical (unpaired) electrons. The number of nitrogens with zero attached hydrogens (tertiary/aromatic N) is 1. The third-order valence-corrected chi connectivity index (χ3v) is 4.48. The fourth-order valence-electron chi connectivity index (χ4n) is 3.23. The van der Waals surface area contributed by atoms with Gasteiger partial charge in [-0.05, 0) is 33.1 Å². The third kappa shape index (κ3) is 4.81. The second-order valence-electron chi connectivity index (χ2n) is 6.85. The first-order valence-corrected chi connectivity index (χ1v) is 8.07. The first-order valence-electron chi connectivity index (χ1n) is 7.53. The van der Waals surface area contributed by atoms with Crippen LogP contribution < -0.4 is 0 Å². The minimum absolute atomic E-state index is 0.0667. The van der Waals surface area contributed by atoms with Crippen LogP contribution in [0, 0.1) is 5.92 Å². The molecule has 0 saturated heterocycles. The average Bonchev–Trinajstić information content (AvgIpc) is 2.36. The lowest BCUT2D eigenvalue weighted by molar-refractivity contribution is 0.00324. The van der Waals surface area contributed by atoms with E-state index in [0.29, 0.717) is 12.3 Å². The first kappa shape index (κ1) is 17.6. The van der Waals surface area contributed by atoms with Crippen molar-refractivity contribution in [3.63, 3.8) is 0 Å². The Morgan fingerprint density at radius 3 is 2.25 bits per heavy atom. The molecule has 0 unspecified atom stereocenters. The molecule has 0 spiro atoms. The largest absolute Gasteiger partial charge is 0.465 e. The minimum atomic E-state index is -0.984. The topological polar surface area (TPSA) is 60.8 Å². The highest BCUT2D eigenvalue weighted by atomic mass is 35.5. The quantitative estimate of drug-likeness (QED) is 0.761. The summed E-state index contributed by atoms with van der Waals surface area (Å²) in [5.74, 6) is 0.563. The third-order valence-electron chi connectivity index (χ3n) is 4.16. The zero-order chi connectivity index (χ0) is 15.3. The van der Waals surface area contributed by atoms with Gasteiger partial charge in [0.15, 0.2) is 0 Å². The molecule has 0 aromatic heterocycles. The number of hydrogen-bond donors (Lipinski definition) is 2. The van der Waals surface area contributed by atoms with E-state index >= 15 is 0 Å². The van der Waals surface area contributed by atoms with Crippen LogP contribution in [0.1, 0.15) is 59.3 Å². The lowest BCUT2D eigenvalue weighted by Gasteiger charge is -2.43. The van der Waals surface area contributed by atoms with Gasteiger partial charge in [0.05, 0.1) is 18.0 Å². The van der Waals surface area contributed by atoms with Crippen LogP contribution in [0.25, 0.3) is 0 Å². The Kier molecular flexibility index (Phi) is 6.59. The Bertz CT molecular complexity index is 311. The van der Waals surface area contributed by atoms with Crippen molar-refractivity contribution < 1.29 is 15.0 Å². The van der Waals surface area contributed by atoms with Crippen LogP contribution in [0.5, 0.6) is 0 Å². The number of amides is 1. The van der Waals surface area contributed by atoms with Gasteiger partial charge in [-0.2, -0.15) is 0 Å². The standard InChI is InChI=1S/C15H28ClNO3/c1-15(2,3)17(14(19)20)12(13(18)10-16)9-11-7-5-4-6-8-11/h11-13,18H,4-10H2,1-3H3,(H,19,20)/t12-,13+/m0/s1. The van der Waals surface area contributed by atoms with Crippen LogP contribution >= 0.6 is 11.6 Å². The van der Waals surface area contributed by atoms with Crippen molar-refractivity contribution in [3.8, 4) is 0 Å². The van der Waals surface area contributed by atoms with Gasteiger partial charge in [-0.15, -0.1) is 11.6 Å². The second kappa shape index (κ2) is 7.51. The highest BCUT2D eigenvalue weighted by Gasteiger charge is 2.38. The molecule has 1 rings (SSSR count). The summed E-state index contributed by atoms with van der Waals surface area (Å²) < 4.78 is 0. The average molecular weight is 306 g/mol. The number of carbonyl (C=O) groups is 1. The molecule has 1 aliphatic rings. The molecule has 1 saturated carbocycles. The number of carboxylic acid groups (broad SMARTS) is 1. The molecular formula is C15H28ClNO3. The van der Waals surface area contributed by atoms with Crippen molar-refractivity contribution in [2.75, 3.05) is 5.88 Å². The Morgan fingerprint density at radius 1 is 1.30 bits per heavy atom. The Balaban J connectivity index is 2.88. The Morgan fingerprint density at radius 2 is 1.85 bits per heavy atom. The van der Waals surface area contributed by atoms with Crippen molar-refractivity contribution in [1.29, 1.82) is 0 Å².